The molecule has 0 atom stereocenters. The Kier molecular flexibility index (Phi) is 5.33. The summed E-state index contributed by atoms with van der Waals surface area (Å²) < 4.78 is 5.12. The third kappa shape index (κ3) is 3.86. The maximum absolute atomic E-state index is 11.8. The maximum Gasteiger partial charge on any atom is 0.411 e. The van der Waals surface area contributed by atoms with Crippen LogP contribution in [0.4, 0.5) is 10.5 Å². The van der Waals surface area contributed by atoms with Gasteiger partial charge in [0.2, 0.25) is 0 Å². The first-order chi connectivity index (χ1) is 11.8. The number of H-pyrrole nitrogens is 1. The number of fused-ring (bicyclic) bond motifs is 1. The van der Waals surface area contributed by atoms with Crippen LogP contribution in [0.2, 0.25) is 0 Å². The Morgan fingerprint density at radius 3 is 3.08 bits per heavy atom. The molecule has 1 aromatic carbocycles. The van der Waals surface area contributed by atoms with E-state index in [1.54, 1.807) is 0 Å². The molecule has 5 nitrogen and oxygen atoms in total. The van der Waals surface area contributed by atoms with Gasteiger partial charge in [-0.15, -0.1) is 0 Å². The Labute approximate surface area is 141 Å². The van der Waals surface area contributed by atoms with Crippen LogP contribution in [0, 0.1) is 0 Å². The molecule has 0 bridgehead atoms. The summed E-state index contributed by atoms with van der Waals surface area (Å²) in [5.74, 6) is 0. The van der Waals surface area contributed by atoms with E-state index in [1.807, 2.05) is 43.5 Å². The lowest BCUT2D eigenvalue weighted by Gasteiger charge is -2.13. The third-order valence-corrected chi connectivity index (χ3v) is 4.05. The van der Waals surface area contributed by atoms with Crippen molar-refractivity contribution in [3.63, 3.8) is 0 Å². The van der Waals surface area contributed by atoms with E-state index in [0.29, 0.717) is 0 Å². The molecule has 1 amide bonds. The summed E-state index contributed by atoms with van der Waals surface area (Å²) in [6, 6.07) is 5.85. The largest absolute Gasteiger partial charge is 0.445 e. The molecule has 1 aliphatic heterocycles. The molecule has 2 aromatic rings. The van der Waals surface area contributed by atoms with E-state index in [0.717, 1.165) is 42.5 Å². The lowest BCUT2D eigenvalue weighted by Crippen LogP contribution is -2.19. The molecule has 126 valence electrons. The average molecular weight is 325 g/mol. The van der Waals surface area contributed by atoms with E-state index in [9.17, 15) is 4.79 Å². The summed E-state index contributed by atoms with van der Waals surface area (Å²) >= 11 is 0. The molecule has 24 heavy (non-hydrogen) atoms. The van der Waals surface area contributed by atoms with Crippen molar-refractivity contribution in [1.82, 2.24) is 10.3 Å². The van der Waals surface area contributed by atoms with Gasteiger partial charge in [-0.3, -0.25) is 5.32 Å². The van der Waals surface area contributed by atoms with Crippen LogP contribution < -0.4 is 10.6 Å². The van der Waals surface area contributed by atoms with Gasteiger partial charge in [0, 0.05) is 34.9 Å². The fraction of sp³-hybridized carbons (Fsp3) is 0.316. The minimum atomic E-state index is -0.437. The van der Waals surface area contributed by atoms with Gasteiger partial charge in [-0.05, 0) is 43.2 Å². The molecule has 0 fully saturated rings. The summed E-state index contributed by atoms with van der Waals surface area (Å²) in [4.78, 5) is 15.1. The summed E-state index contributed by atoms with van der Waals surface area (Å²) in [5, 5.41) is 7.23. The van der Waals surface area contributed by atoms with Gasteiger partial charge >= 0.3 is 6.09 Å². The van der Waals surface area contributed by atoms with Crippen molar-refractivity contribution >= 4 is 28.3 Å². The van der Waals surface area contributed by atoms with Crippen molar-refractivity contribution in [2.24, 2.45) is 0 Å². The normalized spacial score (nSPS) is 14.8. The quantitative estimate of drug-likeness (QED) is 0.726. The SMILES string of the molecule is CCC=CCOC(=O)Nc1ccc2[nH]cc(C3=CCNCC3)c2c1. The summed E-state index contributed by atoms with van der Waals surface area (Å²) in [7, 11) is 0. The van der Waals surface area contributed by atoms with Gasteiger partial charge in [-0.1, -0.05) is 25.2 Å². The third-order valence-electron chi connectivity index (χ3n) is 4.05. The minimum Gasteiger partial charge on any atom is -0.445 e. The summed E-state index contributed by atoms with van der Waals surface area (Å²) in [6.45, 7) is 4.22. The van der Waals surface area contributed by atoms with Crippen molar-refractivity contribution in [2.45, 2.75) is 19.8 Å². The van der Waals surface area contributed by atoms with Gasteiger partial charge in [0.15, 0.2) is 0 Å². The van der Waals surface area contributed by atoms with Crippen LogP contribution in [0.25, 0.3) is 16.5 Å². The maximum atomic E-state index is 11.8. The highest BCUT2D eigenvalue weighted by Crippen LogP contribution is 2.29. The zero-order valence-corrected chi connectivity index (χ0v) is 13.9. The molecule has 2 heterocycles. The van der Waals surface area contributed by atoms with E-state index in [4.69, 9.17) is 4.74 Å². The predicted octanol–water partition coefficient (Wildman–Crippen LogP) is 4.06. The number of hydrogen-bond donors (Lipinski definition) is 3. The van der Waals surface area contributed by atoms with Crippen LogP contribution in [-0.2, 0) is 4.74 Å². The van der Waals surface area contributed by atoms with E-state index in [1.165, 1.54) is 11.1 Å². The van der Waals surface area contributed by atoms with E-state index in [-0.39, 0.29) is 6.61 Å². The number of carbonyl (C=O) groups excluding carboxylic acids is 1. The van der Waals surface area contributed by atoms with Crippen molar-refractivity contribution in [3.05, 3.63) is 48.2 Å². The molecule has 0 saturated heterocycles. The van der Waals surface area contributed by atoms with Crippen LogP contribution >= 0.6 is 0 Å². The number of rotatable bonds is 5. The van der Waals surface area contributed by atoms with Crippen LogP contribution in [0.1, 0.15) is 25.3 Å². The molecule has 3 N–H and O–H groups in total. The molecule has 3 rings (SSSR count). The molecule has 0 unspecified atom stereocenters. The van der Waals surface area contributed by atoms with Crippen LogP contribution in [0.3, 0.4) is 0 Å². The zero-order chi connectivity index (χ0) is 16.8. The second-order valence-corrected chi connectivity index (χ2v) is 5.75. The fourth-order valence-corrected chi connectivity index (χ4v) is 2.84. The van der Waals surface area contributed by atoms with Gasteiger partial charge in [0.1, 0.15) is 6.61 Å². The number of ether oxygens (including phenoxy) is 1. The van der Waals surface area contributed by atoms with Crippen LogP contribution in [0.15, 0.2) is 42.6 Å². The van der Waals surface area contributed by atoms with Crippen molar-refractivity contribution in [1.29, 1.82) is 0 Å². The van der Waals surface area contributed by atoms with E-state index >= 15 is 0 Å². The van der Waals surface area contributed by atoms with Crippen molar-refractivity contribution in [3.8, 4) is 0 Å². The Hall–Kier alpha value is -2.53. The highest BCUT2D eigenvalue weighted by molar-refractivity contribution is 5.96. The van der Waals surface area contributed by atoms with Gasteiger partial charge < -0.3 is 15.0 Å². The number of benzene rings is 1. The van der Waals surface area contributed by atoms with Crippen LogP contribution in [0.5, 0.6) is 0 Å². The predicted molar refractivity (Wildman–Crippen MR) is 98.2 cm³/mol. The first kappa shape index (κ1) is 16.3. The first-order valence-corrected chi connectivity index (χ1v) is 8.38. The molecule has 0 aliphatic carbocycles. The molecule has 1 aliphatic rings. The van der Waals surface area contributed by atoms with Gasteiger partial charge in [-0.2, -0.15) is 0 Å². The van der Waals surface area contributed by atoms with Gasteiger partial charge in [-0.25, -0.2) is 4.79 Å². The smallest absolute Gasteiger partial charge is 0.411 e. The number of amides is 1. The molecule has 0 saturated carbocycles. The monoisotopic (exact) mass is 325 g/mol. The van der Waals surface area contributed by atoms with Crippen molar-refractivity contribution in [2.75, 3.05) is 25.0 Å². The summed E-state index contributed by atoms with van der Waals surface area (Å²) in [5.41, 5.74) is 4.34. The Bertz CT molecular complexity index is 774. The lowest BCUT2D eigenvalue weighted by atomic mass is 9.99. The van der Waals surface area contributed by atoms with Crippen LogP contribution in [-0.4, -0.2) is 30.8 Å². The Balaban J connectivity index is 1.74. The molecule has 5 heteroatoms. The fourth-order valence-electron chi connectivity index (χ4n) is 2.84. The first-order valence-electron chi connectivity index (χ1n) is 8.38. The number of anilines is 1. The zero-order valence-electron chi connectivity index (χ0n) is 13.9. The standard InChI is InChI=1S/C19H23N3O2/c1-2-3-4-11-24-19(23)22-15-5-6-18-16(12-15)17(13-21-18)14-7-9-20-10-8-14/h3-7,12-13,20-21H,2,8-11H2,1H3,(H,22,23). The number of aromatic amines is 1. The minimum absolute atomic E-state index is 0.289. The van der Waals surface area contributed by atoms with Gasteiger partial charge in [0.25, 0.3) is 0 Å². The highest BCUT2D eigenvalue weighted by atomic mass is 16.5. The number of aromatic nitrogens is 1. The number of carbonyl (C=O) groups is 1. The van der Waals surface area contributed by atoms with Gasteiger partial charge in [0.05, 0.1) is 0 Å². The Morgan fingerprint density at radius 1 is 1.38 bits per heavy atom. The molecule has 0 spiro atoms. The highest BCUT2D eigenvalue weighted by Gasteiger charge is 2.12. The number of nitrogens with one attached hydrogen (secondary N) is 3. The second-order valence-electron chi connectivity index (χ2n) is 5.75. The lowest BCUT2D eigenvalue weighted by molar-refractivity contribution is 0.174. The Morgan fingerprint density at radius 2 is 2.29 bits per heavy atom. The molecule has 1 aromatic heterocycles. The molecule has 0 radical (unpaired) electrons. The number of allylic oxidation sites excluding steroid dienone is 1. The second kappa shape index (κ2) is 7.84. The van der Waals surface area contributed by atoms with E-state index < -0.39 is 6.09 Å². The average Bonchev–Trinajstić information content (AvgIpc) is 3.03. The number of hydrogen-bond acceptors (Lipinski definition) is 3. The molecular weight excluding hydrogens is 302 g/mol. The topological polar surface area (TPSA) is 66.1 Å². The van der Waals surface area contributed by atoms with Crippen molar-refractivity contribution < 1.29 is 9.53 Å². The molecular formula is C19H23N3O2. The summed E-state index contributed by atoms with van der Waals surface area (Å²) in [6.07, 6.45) is 9.59. The van der Waals surface area contributed by atoms with E-state index in [2.05, 4.69) is 21.7 Å².